The van der Waals surface area contributed by atoms with Crippen molar-refractivity contribution < 1.29 is 27.2 Å². The molecule has 0 aliphatic heterocycles. The van der Waals surface area contributed by atoms with E-state index in [2.05, 4.69) is 15.0 Å². The summed E-state index contributed by atoms with van der Waals surface area (Å²) in [5.74, 6) is 0. The third-order valence-electron chi connectivity index (χ3n) is 2.37. The van der Waals surface area contributed by atoms with E-state index in [1.165, 1.54) is 18.2 Å². The Hall–Kier alpha value is -2.36. The average Bonchev–Trinajstić information content (AvgIpc) is 2.78. The van der Waals surface area contributed by atoms with Crippen molar-refractivity contribution in [3.63, 3.8) is 0 Å². The average molecular weight is 305 g/mol. The number of hydrogen-bond donors (Lipinski definition) is 1. The van der Waals surface area contributed by atoms with Gasteiger partial charge >= 0.3 is 6.18 Å². The Balaban J connectivity index is 1.89. The molecule has 0 amide bonds. The van der Waals surface area contributed by atoms with Gasteiger partial charge in [-0.3, -0.25) is 10.1 Å². The van der Waals surface area contributed by atoms with E-state index in [-0.39, 0.29) is 30.4 Å². The maximum absolute atomic E-state index is 11.8. The van der Waals surface area contributed by atoms with Crippen molar-refractivity contribution in [2.45, 2.75) is 6.18 Å². The van der Waals surface area contributed by atoms with E-state index in [0.717, 1.165) is 0 Å². The Labute approximate surface area is 115 Å². The van der Waals surface area contributed by atoms with Crippen molar-refractivity contribution >= 4 is 22.8 Å². The van der Waals surface area contributed by atoms with Gasteiger partial charge in [-0.1, -0.05) is 0 Å². The number of ether oxygens (including phenoxy) is 1. The highest BCUT2D eigenvalue weighted by atomic mass is 19.4. The SMILES string of the molecule is O=[N+]([O-])c1ccc2oc(NCCOCC(F)(F)F)nc2c1. The van der Waals surface area contributed by atoms with Crippen molar-refractivity contribution in [2.75, 3.05) is 25.1 Å². The number of benzene rings is 1. The van der Waals surface area contributed by atoms with Crippen LogP contribution in [0, 0.1) is 10.1 Å². The number of rotatable bonds is 6. The molecule has 2 rings (SSSR count). The lowest BCUT2D eigenvalue weighted by atomic mass is 10.3. The van der Waals surface area contributed by atoms with E-state index >= 15 is 0 Å². The van der Waals surface area contributed by atoms with Crippen LogP contribution in [-0.4, -0.2) is 35.8 Å². The zero-order chi connectivity index (χ0) is 15.5. The van der Waals surface area contributed by atoms with Crippen molar-refractivity contribution in [1.29, 1.82) is 0 Å². The molecule has 0 radical (unpaired) electrons. The molecule has 0 saturated heterocycles. The van der Waals surface area contributed by atoms with Crippen LogP contribution in [0.25, 0.3) is 11.1 Å². The molecule has 114 valence electrons. The Bertz CT molecular complexity index is 641. The van der Waals surface area contributed by atoms with Gasteiger partial charge in [0.2, 0.25) is 0 Å². The highest BCUT2D eigenvalue weighted by Crippen LogP contribution is 2.23. The zero-order valence-corrected chi connectivity index (χ0v) is 10.5. The van der Waals surface area contributed by atoms with E-state index in [9.17, 15) is 23.3 Å². The van der Waals surface area contributed by atoms with Crippen molar-refractivity contribution in [2.24, 2.45) is 0 Å². The van der Waals surface area contributed by atoms with E-state index in [4.69, 9.17) is 4.42 Å². The molecule has 0 aliphatic rings. The van der Waals surface area contributed by atoms with Gasteiger partial charge in [0.15, 0.2) is 5.58 Å². The summed E-state index contributed by atoms with van der Waals surface area (Å²) in [4.78, 5) is 14.0. The molecule has 1 N–H and O–H groups in total. The standard InChI is InChI=1S/C11H10F3N3O4/c12-11(13,14)6-20-4-3-15-10-16-8-5-7(17(18)19)1-2-9(8)21-10/h1-2,5H,3-4,6H2,(H,15,16). The second kappa shape index (κ2) is 5.95. The maximum Gasteiger partial charge on any atom is 0.411 e. The topological polar surface area (TPSA) is 90.4 Å². The fraction of sp³-hybridized carbons (Fsp3) is 0.364. The lowest BCUT2D eigenvalue weighted by Gasteiger charge is -2.07. The number of alkyl halides is 3. The molecule has 1 aromatic heterocycles. The summed E-state index contributed by atoms with van der Waals surface area (Å²) in [6.07, 6.45) is -4.36. The van der Waals surface area contributed by atoms with Crippen molar-refractivity contribution in [3.05, 3.63) is 28.3 Å². The summed E-state index contributed by atoms with van der Waals surface area (Å²) in [6.45, 7) is -1.45. The molecular weight excluding hydrogens is 295 g/mol. The number of anilines is 1. The summed E-state index contributed by atoms with van der Waals surface area (Å²) in [7, 11) is 0. The number of oxazole rings is 1. The van der Waals surface area contributed by atoms with E-state index in [1.54, 1.807) is 0 Å². The lowest BCUT2D eigenvalue weighted by Crippen LogP contribution is -2.20. The van der Waals surface area contributed by atoms with Gasteiger partial charge in [-0.05, 0) is 6.07 Å². The molecule has 7 nitrogen and oxygen atoms in total. The molecule has 0 saturated carbocycles. The minimum absolute atomic E-state index is 0.0566. The minimum Gasteiger partial charge on any atom is -0.424 e. The second-order valence-corrected chi connectivity index (χ2v) is 4.02. The molecule has 0 spiro atoms. The number of nitrogens with one attached hydrogen (secondary N) is 1. The largest absolute Gasteiger partial charge is 0.424 e. The number of fused-ring (bicyclic) bond motifs is 1. The van der Waals surface area contributed by atoms with Crippen LogP contribution in [0.2, 0.25) is 0 Å². The molecule has 0 aliphatic carbocycles. The number of aromatic nitrogens is 1. The van der Waals surface area contributed by atoms with Crippen molar-refractivity contribution in [3.8, 4) is 0 Å². The summed E-state index contributed by atoms with van der Waals surface area (Å²) < 4.78 is 45.1. The Morgan fingerprint density at radius 1 is 1.43 bits per heavy atom. The number of hydrogen-bond acceptors (Lipinski definition) is 6. The first-order valence-corrected chi connectivity index (χ1v) is 5.78. The Kier molecular flexibility index (Phi) is 4.26. The monoisotopic (exact) mass is 305 g/mol. The minimum atomic E-state index is -4.36. The number of nitro groups is 1. The number of nitro benzene ring substituents is 1. The molecule has 21 heavy (non-hydrogen) atoms. The Morgan fingerprint density at radius 3 is 2.86 bits per heavy atom. The first kappa shape index (κ1) is 15.0. The Morgan fingerprint density at radius 2 is 2.19 bits per heavy atom. The summed E-state index contributed by atoms with van der Waals surface area (Å²) >= 11 is 0. The van der Waals surface area contributed by atoms with Crippen LogP contribution in [0.1, 0.15) is 0 Å². The highest BCUT2D eigenvalue weighted by molar-refractivity contribution is 5.77. The lowest BCUT2D eigenvalue weighted by molar-refractivity contribution is -0.384. The summed E-state index contributed by atoms with van der Waals surface area (Å²) in [6, 6.07) is 3.96. The van der Waals surface area contributed by atoms with Gasteiger partial charge in [-0.25, -0.2) is 0 Å². The third-order valence-corrected chi connectivity index (χ3v) is 2.37. The highest BCUT2D eigenvalue weighted by Gasteiger charge is 2.27. The first-order chi connectivity index (χ1) is 9.85. The molecule has 0 fully saturated rings. The molecule has 1 heterocycles. The number of non-ortho nitro benzene ring substituents is 1. The molecular formula is C11H10F3N3O4. The van der Waals surface area contributed by atoms with E-state index in [0.29, 0.717) is 5.58 Å². The number of nitrogens with zero attached hydrogens (tertiary/aromatic N) is 2. The molecule has 10 heteroatoms. The predicted octanol–water partition coefficient (Wildman–Crippen LogP) is 2.73. The quantitative estimate of drug-likeness (QED) is 0.501. The molecule has 1 aromatic carbocycles. The summed E-state index contributed by atoms with van der Waals surface area (Å²) in [5, 5.41) is 13.2. The van der Waals surface area contributed by atoms with Gasteiger partial charge < -0.3 is 14.5 Å². The number of halogens is 3. The zero-order valence-electron chi connectivity index (χ0n) is 10.5. The van der Waals surface area contributed by atoms with Gasteiger partial charge in [0.25, 0.3) is 11.7 Å². The molecule has 0 bridgehead atoms. The van der Waals surface area contributed by atoms with Crippen LogP contribution in [-0.2, 0) is 4.74 Å². The van der Waals surface area contributed by atoms with Crippen LogP contribution in [0.5, 0.6) is 0 Å². The van der Waals surface area contributed by atoms with Gasteiger partial charge in [-0.2, -0.15) is 18.2 Å². The van der Waals surface area contributed by atoms with Crippen LogP contribution in [0.3, 0.4) is 0 Å². The van der Waals surface area contributed by atoms with E-state index in [1.807, 2.05) is 0 Å². The van der Waals surface area contributed by atoms with Crippen LogP contribution < -0.4 is 5.32 Å². The molecule has 2 aromatic rings. The predicted molar refractivity (Wildman–Crippen MR) is 66.0 cm³/mol. The second-order valence-electron chi connectivity index (χ2n) is 4.02. The maximum atomic E-state index is 11.8. The summed E-state index contributed by atoms with van der Waals surface area (Å²) in [5.41, 5.74) is 0.484. The van der Waals surface area contributed by atoms with Gasteiger partial charge in [0, 0.05) is 18.7 Å². The molecule has 0 atom stereocenters. The van der Waals surface area contributed by atoms with Crippen molar-refractivity contribution in [1.82, 2.24) is 4.98 Å². The van der Waals surface area contributed by atoms with Gasteiger partial charge in [0.1, 0.15) is 12.1 Å². The third kappa shape index (κ3) is 4.31. The smallest absolute Gasteiger partial charge is 0.411 e. The van der Waals surface area contributed by atoms with Crippen LogP contribution >= 0.6 is 0 Å². The van der Waals surface area contributed by atoms with Crippen LogP contribution in [0.4, 0.5) is 24.9 Å². The first-order valence-electron chi connectivity index (χ1n) is 5.78. The fourth-order valence-corrected chi connectivity index (χ4v) is 1.52. The van der Waals surface area contributed by atoms with Crippen LogP contribution in [0.15, 0.2) is 22.6 Å². The fourth-order valence-electron chi connectivity index (χ4n) is 1.52. The normalized spacial score (nSPS) is 11.8. The van der Waals surface area contributed by atoms with Gasteiger partial charge in [-0.15, -0.1) is 0 Å². The van der Waals surface area contributed by atoms with E-state index < -0.39 is 17.7 Å². The van der Waals surface area contributed by atoms with Gasteiger partial charge in [0.05, 0.1) is 11.5 Å². The molecule has 0 unspecified atom stereocenters.